The predicted octanol–water partition coefficient (Wildman–Crippen LogP) is 1.69. The Morgan fingerprint density at radius 1 is 1.24 bits per heavy atom. The normalized spacial score (nSPS) is 10.1. The second-order valence-corrected chi connectivity index (χ2v) is 4.17. The number of nitrogens with zero attached hydrogens (tertiary/aromatic N) is 1. The number of amides is 1. The van der Waals surface area contributed by atoms with Gasteiger partial charge in [0.1, 0.15) is 0 Å². The molecule has 1 aromatic carbocycles. The summed E-state index contributed by atoms with van der Waals surface area (Å²) in [7, 11) is 3.98. The van der Waals surface area contributed by atoms with Crippen LogP contribution in [0.5, 0.6) is 0 Å². The largest absolute Gasteiger partial charge is 0.378 e. The van der Waals surface area contributed by atoms with Crippen molar-refractivity contribution in [2.45, 2.75) is 13.3 Å². The average Bonchev–Trinajstić information content (AvgIpc) is 2.30. The van der Waals surface area contributed by atoms with E-state index in [0.29, 0.717) is 6.54 Å². The van der Waals surface area contributed by atoms with Crippen LogP contribution in [0.15, 0.2) is 24.3 Å². The van der Waals surface area contributed by atoms with Gasteiger partial charge in [-0.2, -0.15) is 0 Å². The molecule has 1 amide bonds. The van der Waals surface area contributed by atoms with Gasteiger partial charge in [-0.05, 0) is 37.2 Å². The van der Waals surface area contributed by atoms with Gasteiger partial charge in [-0.15, -0.1) is 0 Å². The first-order chi connectivity index (χ1) is 8.13. The molecule has 0 aliphatic rings. The lowest BCUT2D eigenvalue weighted by molar-refractivity contribution is -0.115. The Bertz CT molecular complexity index is 346. The molecule has 0 spiro atoms. The number of rotatable bonds is 6. The van der Waals surface area contributed by atoms with E-state index in [4.69, 9.17) is 0 Å². The summed E-state index contributed by atoms with van der Waals surface area (Å²) in [6.07, 6.45) is 1.03. The Hall–Kier alpha value is -1.55. The number of carbonyl (C=O) groups excluding carboxylic acids is 1. The summed E-state index contributed by atoms with van der Waals surface area (Å²) in [5.74, 6) is -0.00365. The molecule has 0 aromatic heterocycles. The fraction of sp³-hybridized carbons (Fsp3) is 0.462. The molecule has 4 heteroatoms. The summed E-state index contributed by atoms with van der Waals surface area (Å²) < 4.78 is 0. The van der Waals surface area contributed by atoms with Crippen LogP contribution in [-0.2, 0) is 4.79 Å². The zero-order valence-electron chi connectivity index (χ0n) is 10.8. The summed E-state index contributed by atoms with van der Waals surface area (Å²) in [5.41, 5.74) is 1.95. The van der Waals surface area contributed by atoms with Gasteiger partial charge in [0.05, 0.1) is 6.54 Å². The Labute approximate surface area is 103 Å². The maximum absolute atomic E-state index is 11.5. The van der Waals surface area contributed by atoms with E-state index < -0.39 is 0 Å². The molecule has 0 heterocycles. The molecular weight excluding hydrogens is 214 g/mol. The third-order valence-corrected chi connectivity index (χ3v) is 2.38. The molecule has 0 fully saturated rings. The van der Waals surface area contributed by atoms with E-state index in [1.165, 1.54) is 0 Å². The minimum absolute atomic E-state index is 0.00365. The molecule has 4 nitrogen and oxygen atoms in total. The van der Waals surface area contributed by atoms with E-state index in [1.54, 1.807) is 0 Å². The van der Waals surface area contributed by atoms with Gasteiger partial charge >= 0.3 is 0 Å². The van der Waals surface area contributed by atoms with Crippen molar-refractivity contribution in [3.8, 4) is 0 Å². The van der Waals surface area contributed by atoms with Gasteiger partial charge in [0.25, 0.3) is 0 Å². The van der Waals surface area contributed by atoms with Crippen LogP contribution in [-0.4, -0.2) is 33.1 Å². The zero-order chi connectivity index (χ0) is 12.7. The van der Waals surface area contributed by atoms with Crippen molar-refractivity contribution in [3.05, 3.63) is 24.3 Å². The van der Waals surface area contributed by atoms with Crippen LogP contribution in [0.2, 0.25) is 0 Å². The van der Waals surface area contributed by atoms with E-state index in [-0.39, 0.29) is 5.91 Å². The van der Waals surface area contributed by atoms with Crippen LogP contribution in [0.25, 0.3) is 0 Å². The molecule has 0 saturated carbocycles. The monoisotopic (exact) mass is 235 g/mol. The molecule has 0 bridgehead atoms. The van der Waals surface area contributed by atoms with Crippen LogP contribution in [0.4, 0.5) is 11.4 Å². The Morgan fingerprint density at radius 2 is 1.88 bits per heavy atom. The van der Waals surface area contributed by atoms with Crippen LogP contribution in [0.3, 0.4) is 0 Å². The van der Waals surface area contributed by atoms with E-state index in [2.05, 4.69) is 17.6 Å². The van der Waals surface area contributed by atoms with Crippen LogP contribution in [0.1, 0.15) is 13.3 Å². The fourth-order valence-electron chi connectivity index (χ4n) is 1.43. The molecule has 0 aliphatic carbocycles. The smallest absolute Gasteiger partial charge is 0.238 e. The second-order valence-electron chi connectivity index (χ2n) is 4.17. The van der Waals surface area contributed by atoms with Crippen LogP contribution >= 0.6 is 0 Å². The first kappa shape index (κ1) is 13.5. The Balaban J connectivity index is 2.43. The molecule has 0 unspecified atom stereocenters. The molecule has 0 radical (unpaired) electrons. The summed E-state index contributed by atoms with van der Waals surface area (Å²) in [5, 5.41) is 5.91. The lowest BCUT2D eigenvalue weighted by Gasteiger charge is -2.13. The molecule has 0 saturated heterocycles. The first-order valence-electron chi connectivity index (χ1n) is 5.91. The van der Waals surface area contributed by atoms with Crippen molar-refractivity contribution in [2.75, 3.05) is 37.4 Å². The van der Waals surface area contributed by atoms with Gasteiger partial charge in [0, 0.05) is 25.5 Å². The average molecular weight is 235 g/mol. The van der Waals surface area contributed by atoms with Gasteiger partial charge in [-0.3, -0.25) is 4.79 Å². The lowest BCUT2D eigenvalue weighted by atomic mass is 10.2. The maximum atomic E-state index is 11.5. The maximum Gasteiger partial charge on any atom is 0.238 e. The van der Waals surface area contributed by atoms with Gasteiger partial charge in [-0.1, -0.05) is 6.92 Å². The Morgan fingerprint density at radius 3 is 2.41 bits per heavy atom. The van der Waals surface area contributed by atoms with Crippen molar-refractivity contribution in [3.63, 3.8) is 0 Å². The number of benzene rings is 1. The van der Waals surface area contributed by atoms with Crippen molar-refractivity contribution in [1.29, 1.82) is 0 Å². The van der Waals surface area contributed by atoms with Crippen LogP contribution in [0, 0.1) is 0 Å². The molecule has 1 aromatic rings. The predicted molar refractivity (Wildman–Crippen MR) is 72.6 cm³/mol. The fourth-order valence-corrected chi connectivity index (χ4v) is 1.43. The molecular formula is C13H21N3O. The number of nitrogens with one attached hydrogen (secondary N) is 2. The van der Waals surface area contributed by atoms with Crippen molar-refractivity contribution >= 4 is 17.3 Å². The van der Waals surface area contributed by atoms with Gasteiger partial charge in [0.15, 0.2) is 0 Å². The third-order valence-electron chi connectivity index (χ3n) is 2.38. The van der Waals surface area contributed by atoms with E-state index >= 15 is 0 Å². The SMILES string of the molecule is CCCNCC(=O)Nc1ccc(N(C)C)cc1. The van der Waals surface area contributed by atoms with Gasteiger partial charge in [-0.25, -0.2) is 0 Å². The summed E-state index contributed by atoms with van der Waals surface area (Å²) >= 11 is 0. The molecule has 2 N–H and O–H groups in total. The number of hydrogen-bond donors (Lipinski definition) is 2. The highest BCUT2D eigenvalue weighted by Crippen LogP contribution is 2.15. The lowest BCUT2D eigenvalue weighted by Crippen LogP contribution is -2.28. The quantitative estimate of drug-likeness (QED) is 0.738. The van der Waals surface area contributed by atoms with Crippen molar-refractivity contribution < 1.29 is 4.79 Å². The number of hydrogen-bond acceptors (Lipinski definition) is 3. The second kappa shape index (κ2) is 6.91. The number of carbonyl (C=O) groups is 1. The van der Waals surface area contributed by atoms with Gasteiger partial charge < -0.3 is 15.5 Å². The molecule has 0 atom stereocenters. The molecule has 17 heavy (non-hydrogen) atoms. The number of anilines is 2. The first-order valence-corrected chi connectivity index (χ1v) is 5.91. The molecule has 1 rings (SSSR count). The van der Waals surface area contributed by atoms with E-state index in [0.717, 1.165) is 24.3 Å². The summed E-state index contributed by atoms with van der Waals surface area (Å²) in [6.45, 7) is 3.31. The zero-order valence-corrected chi connectivity index (χ0v) is 10.8. The summed E-state index contributed by atoms with van der Waals surface area (Å²) in [6, 6.07) is 7.78. The van der Waals surface area contributed by atoms with Crippen molar-refractivity contribution in [1.82, 2.24) is 5.32 Å². The summed E-state index contributed by atoms with van der Waals surface area (Å²) in [4.78, 5) is 13.5. The third kappa shape index (κ3) is 4.87. The highest BCUT2D eigenvalue weighted by molar-refractivity contribution is 5.92. The van der Waals surface area contributed by atoms with E-state index in [1.807, 2.05) is 43.3 Å². The Kier molecular flexibility index (Phi) is 5.49. The standard InChI is InChI=1S/C13H21N3O/c1-4-9-14-10-13(17)15-11-5-7-12(8-6-11)16(2)3/h5-8,14H,4,9-10H2,1-3H3,(H,15,17). The molecule has 94 valence electrons. The van der Waals surface area contributed by atoms with Crippen molar-refractivity contribution in [2.24, 2.45) is 0 Å². The molecule has 0 aliphatic heterocycles. The van der Waals surface area contributed by atoms with Crippen LogP contribution < -0.4 is 15.5 Å². The van der Waals surface area contributed by atoms with E-state index in [9.17, 15) is 4.79 Å². The topological polar surface area (TPSA) is 44.4 Å². The highest BCUT2D eigenvalue weighted by Gasteiger charge is 2.01. The highest BCUT2D eigenvalue weighted by atomic mass is 16.1. The minimum Gasteiger partial charge on any atom is -0.378 e. The van der Waals surface area contributed by atoms with Gasteiger partial charge in [0.2, 0.25) is 5.91 Å². The minimum atomic E-state index is -0.00365.